The van der Waals surface area contributed by atoms with E-state index in [1.165, 1.54) is 12.8 Å². The van der Waals surface area contributed by atoms with Crippen LogP contribution < -0.4 is 4.74 Å². The molecule has 2 heterocycles. The van der Waals surface area contributed by atoms with Crippen molar-refractivity contribution < 1.29 is 9.53 Å². The summed E-state index contributed by atoms with van der Waals surface area (Å²) in [6.07, 6.45) is 8.45. The van der Waals surface area contributed by atoms with Gasteiger partial charge in [0.25, 0.3) is 5.91 Å². The van der Waals surface area contributed by atoms with E-state index in [0.717, 1.165) is 43.9 Å². The van der Waals surface area contributed by atoms with Crippen LogP contribution in [0.1, 0.15) is 41.6 Å². The van der Waals surface area contributed by atoms with E-state index in [0.29, 0.717) is 11.5 Å². The number of carbonyl (C=O) groups excluding carboxylic acids is 1. The van der Waals surface area contributed by atoms with E-state index in [2.05, 4.69) is 5.10 Å². The Morgan fingerprint density at radius 2 is 2.12 bits per heavy atom. The maximum atomic E-state index is 13.2. The summed E-state index contributed by atoms with van der Waals surface area (Å²) in [6, 6.07) is 7.85. The van der Waals surface area contributed by atoms with Gasteiger partial charge in [0.1, 0.15) is 5.75 Å². The van der Waals surface area contributed by atoms with Crippen molar-refractivity contribution in [1.29, 1.82) is 0 Å². The molecular formula is C20H25N3O2. The summed E-state index contributed by atoms with van der Waals surface area (Å²) in [7, 11) is 0. The number of hydrogen-bond acceptors (Lipinski definition) is 3. The van der Waals surface area contributed by atoms with Crippen LogP contribution in [0.15, 0.2) is 36.7 Å². The van der Waals surface area contributed by atoms with Gasteiger partial charge in [-0.25, -0.2) is 0 Å². The number of ether oxygens (including phenoxy) is 1. The van der Waals surface area contributed by atoms with Crippen LogP contribution in [-0.2, 0) is 6.54 Å². The molecule has 132 valence electrons. The first-order chi connectivity index (χ1) is 12.2. The molecule has 1 amide bonds. The van der Waals surface area contributed by atoms with Crippen LogP contribution in [0.3, 0.4) is 0 Å². The summed E-state index contributed by atoms with van der Waals surface area (Å²) in [5.74, 6) is 1.48. The van der Waals surface area contributed by atoms with Gasteiger partial charge in [0.05, 0.1) is 31.0 Å². The molecule has 1 aromatic heterocycles. The molecule has 0 radical (unpaired) electrons. The molecule has 4 rings (SSSR count). The number of likely N-dealkylation sites (tertiary alicyclic amines) is 1. The smallest absolute Gasteiger partial charge is 0.257 e. The summed E-state index contributed by atoms with van der Waals surface area (Å²) in [5, 5.41) is 4.37. The summed E-state index contributed by atoms with van der Waals surface area (Å²) in [5.41, 5.74) is 1.83. The number of benzene rings is 1. The Morgan fingerprint density at radius 1 is 1.28 bits per heavy atom. The maximum Gasteiger partial charge on any atom is 0.257 e. The van der Waals surface area contributed by atoms with Crippen LogP contribution in [0.2, 0.25) is 0 Å². The molecule has 5 heteroatoms. The van der Waals surface area contributed by atoms with Crippen LogP contribution in [0.5, 0.6) is 5.75 Å². The molecule has 2 fully saturated rings. The number of amides is 1. The minimum atomic E-state index is 0.0813. The molecule has 1 atom stereocenters. The third-order valence-electron chi connectivity index (χ3n) is 5.09. The quantitative estimate of drug-likeness (QED) is 0.811. The molecule has 2 aliphatic rings. The molecule has 0 spiro atoms. The number of rotatable bonds is 6. The van der Waals surface area contributed by atoms with Gasteiger partial charge in [0.2, 0.25) is 0 Å². The Bertz CT molecular complexity index is 751. The van der Waals surface area contributed by atoms with Crippen molar-refractivity contribution in [2.24, 2.45) is 5.92 Å². The van der Waals surface area contributed by atoms with Gasteiger partial charge in [-0.2, -0.15) is 5.10 Å². The number of para-hydroxylation sites is 1. The van der Waals surface area contributed by atoms with E-state index in [4.69, 9.17) is 4.74 Å². The molecule has 5 nitrogen and oxygen atoms in total. The largest absolute Gasteiger partial charge is 0.492 e. The van der Waals surface area contributed by atoms with E-state index in [1.807, 2.05) is 53.2 Å². The van der Waals surface area contributed by atoms with Crippen molar-refractivity contribution in [3.63, 3.8) is 0 Å². The highest BCUT2D eigenvalue weighted by Crippen LogP contribution is 2.31. The second kappa shape index (κ2) is 6.90. The first kappa shape index (κ1) is 16.2. The molecule has 1 aliphatic carbocycles. The highest BCUT2D eigenvalue weighted by atomic mass is 16.5. The van der Waals surface area contributed by atoms with E-state index >= 15 is 0 Å². The minimum absolute atomic E-state index is 0.0813. The normalized spacial score (nSPS) is 20.0. The number of aromatic nitrogens is 2. The van der Waals surface area contributed by atoms with Crippen LogP contribution in [-0.4, -0.2) is 39.8 Å². The topological polar surface area (TPSA) is 47.4 Å². The highest BCUT2D eigenvalue weighted by Gasteiger charge is 2.31. The third-order valence-corrected chi connectivity index (χ3v) is 5.09. The molecule has 1 aliphatic heterocycles. The standard InChI is InChI=1S/C20H25N3O2/c1-15-11-21-22(12-15)13-17-5-4-10-23(17)20(24)18-6-2-3-7-19(18)25-14-16-8-9-16/h2-3,6-7,11-12,16-17H,4-5,8-10,13-14H2,1H3. The molecule has 2 aromatic rings. The lowest BCUT2D eigenvalue weighted by atomic mass is 10.1. The Labute approximate surface area is 148 Å². The number of hydrogen-bond donors (Lipinski definition) is 0. The van der Waals surface area contributed by atoms with Gasteiger partial charge < -0.3 is 9.64 Å². The zero-order valence-corrected chi connectivity index (χ0v) is 14.7. The Morgan fingerprint density at radius 3 is 2.88 bits per heavy atom. The van der Waals surface area contributed by atoms with E-state index in [1.54, 1.807) is 0 Å². The zero-order valence-electron chi connectivity index (χ0n) is 14.7. The van der Waals surface area contributed by atoms with Gasteiger partial charge in [0.15, 0.2) is 0 Å². The lowest BCUT2D eigenvalue weighted by Gasteiger charge is -2.25. The molecule has 0 bridgehead atoms. The van der Waals surface area contributed by atoms with Crippen LogP contribution in [0.4, 0.5) is 0 Å². The fraction of sp³-hybridized carbons (Fsp3) is 0.500. The van der Waals surface area contributed by atoms with Gasteiger partial charge >= 0.3 is 0 Å². The van der Waals surface area contributed by atoms with Crippen molar-refractivity contribution in [2.45, 2.75) is 45.2 Å². The number of aryl methyl sites for hydroxylation is 1. The molecule has 25 heavy (non-hydrogen) atoms. The van der Waals surface area contributed by atoms with Crippen LogP contribution >= 0.6 is 0 Å². The second-order valence-electron chi connectivity index (χ2n) is 7.28. The van der Waals surface area contributed by atoms with Gasteiger partial charge in [-0.1, -0.05) is 12.1 Å². The lowest BCUT2D eigenvalue weighted by Crippen LogP contribution is -2.38. The van der Waals surface area contributed by atoms with Gasteiger partial charge in [0, 0.05) is 12.7 Å². The minimum Gasteiger partial charge on any atom is -0.492 e. The number of nitrogens with zero attached hydrogens (tertiary/aromatic N) is 3. The van der Waals surface area contributed by atoms with Crippen LogP contribution in [0, 0.1) is 12.8 Å². The van der Waals surface area contributed by atoms with Crippen molar-refractivity contribution in [3.8, 4) is 5.75 Å². The van der Waals surface area contributed by atoms with E-state index in [-0.39, 0.29) is 11.9 Å². The van der Waals surface area contributed by atoms with Crippen molar-refractivity contribution in [1.82, 2.24) is 14.7 Å². The number of carbonyl (C=O) groups is 1. The highest BCUT2D eigenvalue weighted by molar-refractivity contribution is 5.97. The Kier molecular flexibility index (Phi) is 4.47. The Balaban J connectivity index is 1.49. The van der Waals surface area contributed by atoms with Crippen molar-refractivity contribution in [3.05, 3.63) is 47.8 Å². The molecule has 0 N–H and O–H groups in total. The van der Waals surface area contributed by atoms with Crippen molar-refractivity contribution >= 4 is 5.91 Å². The van der Waals surface area contributed by atoms with Gasteiger partial charge in [-0.3, -0.25) is 9.48 Å². The fourth-order valence-corrected chi connectivity index (χ4v) is 3.49. The van der Waals surface area contributed by atoms with Gasteiger partial charge in [-0.15, -0.1) is 0 Å². The van der Waals surface area contributed by atoms with Gasteiger partial charge in [-0.05, 0) is 56.2 Å². The average molecular weight is 339 g/mol. The fourth-order valence-electron chi connectivity index (χ4n) is 3.49. The molecule has 1 saturated heterocycles. The SMILES string of the molecule is Cc1cnn(CC2CCCN2C(=O)c2ccccc2OCC2CC2)c1. The Hall–Kier alpha value is -2.30. The first-order valence-electron chi connectivity index (χ1n) is 9.22. The summed E-state index contributed by atoms with van der Waals surface area (Å²) < 4.78 is 7.88. The molecule has 1 saturated carbocycles. The maximum absolute atomic E-state index is 13.2. The monoisotopic (exact) mass is 339 g/mol. The predicted molar refractivity (Wildman–Crippen MR) is 95.7 cm³/mol. The molecular weight excluding hydrogens is 314 g/mol. The van der Waals surface area contributed by atoms with Crippen molar-refractivity contribution in [2.75, 3.05) is 13.2 Å². The summed E-state index contributed by atoms with van der Waals surface area (Å²) in [4.78, 5) is 15.1. The average Bonchev–Trinajstić information content (AvgIpc) is 3.19. The first-order valence-corrected chi connectivity index (χ1v) is 9.22. The zero-order chi connectivity index (χ0) is 17.2. The third kappa shape index (κ3) is 3.70. The molecule has 1 unspecified atom stereocenters. The predicted octanol–water partition coefficient (Wildman–Crippen LogP) is 3.29. The lowest BCUT2D eigenvalue weighted by molar-refractivity contribution is 0.0717. The second-order valence-corrected chi connectivity index (χ2v) is 7.28. The summed E-state index contributed by atoms with van der Waals surface area (Å²) in [6.45, 7) is 4.32. The van der Waals surface area contributed by atoms with E-state index in [9.17, 15) is 4.79 Å². The molecule has 1 aromatic carbocycles. The van der Waals surface area contributed by atoms with E-state index < -0.39 is 0 Å². The van der Waals surface area contributed by atoms with Crippen LogP contribution in [0.25, 0.3) is 0 Å². The summed E-state index contributed by atoms with van der Waals surface area (Å²) >= 11 is 0.